The molecule has 54 heavy (non-hydrogen) atoms. The molecule has 0 radical (unpaired) electrons. The summed E-state index contributed by atoms with van der Waals surface area (Å²) in [5.74, 6) is 0.0141. The Morgan fingerprint density at radius 3 is 1.56 bits per heavy atom. The van der Waals surface area contributed by atoms with Crippen molar-refractivity contribution in [3.8, 4) is 73.3 Å². The van der Waals surface area contributed by atoms with Gasteiger partial charge in [0.2, 0.25) is 0 Å². The molecule has 10 heteroatoms. The molecular weight excluding hydrogens is 693 g/mol. The average molecular weight is 721 g/mol. The molecule has 8 rings (SSSR count). The minimum atomic E-state index is -0.256. The Hall–Kier alpha value is -7.66. The lowest BCUT2D eigenvalue weighted by molar-refractivity contribution is 0.475. The van der Waals surface area contributed by atoms with Crippen LogP contribution in [0.4, 0.5) is 0 Å². The summed E-state index contributed by atoms with van der Waals surface area (Å²) in [6.45, 7) is 0. The molecule has 0 aliphatic rings. The van der Waals surface area contributed by atoms with Crippen LogP contribution in [0.2, 0.25) is 0 Å². The van der Waals surface area contributed by atoms with Crippen molar-refractivity contribution in [2.75, 3.05) is 0 Å². The van der Waals surface area contributed by atoms with E-state index in [1.165, 1.54) is 15.9 Å². The van der Waals surface area contributed by atoms with Gasteiger partial charge in [-0.3, -0.25) is 23.7 Å². The van der Waals surface area contributed by atoms with Crippen LogP contribution in [0.25, 0.3) is 55.5 Å². The van der Waals surface area contributed by atoms with Crippen LogP contribution in [-0.2, 0) is 0 Å². The van der Waals surface area contributed by atoms with Crippen molar-refractivity contribution in [2.45, 2.75) is 0 Å². The highest BCUT2D eigenvalue weighted by molar-refractivity contribution is 7.13. The van der Waals surface area contributed by atoms with Gasteiger partial charge in [-0.15, -0.1) is 11.3 Å². The van der Waals surface area contributed by atoms with Crippen LogP contribution in [0, 0.1) is 22.7 Å². The van der Waals surface area contributed by atoms with Crippen LogP contribution in [0.1, 0.15) is 11.1 Å². The number of pyridine rings is 3. The van der Waals surface area contributed by atoms with E-state index < -0.39 is 0 Å². The number of hydrogen-bond donors (Lipinski definition) is 1. The van der Waals surface area contributed by atoms with Crippen LogP contribution in [0.15, 0.2) is 173 Å². The number of aromatic hydroxyl groups is 1. The van der Waals surface area contributed by atoms with E-state index in [1.54, 1.807) is 90.0 Å². The van der Waals surface area contributed by atoms with Crippen LogP contribution in [0.3, 0.4) is 0 Å². The lowest BCUT2D eigenvalue weighted by Gasteiger charge is -2.13. The van der Waals surface area contributed by atoms with Crippen molar-refractivity contribution in [3.63, 3.8) is 0 Å². The van der Waals surface area contributed by atoms with Gasteiger partial charge in [-0.1, -0.05) is 72.8 Å². The van der Waals surface area contributed by atoms with Crippen LogP contribution in [0.5, 0.6) is 5.75 Å². The van der Waals surface area contributed by atoms with E-state index in [-0.39, 0.29) is 16.9 Å². The number of benzene rings is 4. The molecular formula is C44H28N6O3S. The number of para-hydroxylation sites is 2. The average Bonchev–Trinajstić information content (AvgIpc) is 3.78. The zero-order valence-electron chi connectivity index (χ0n) is 28.4. The van der Waals surface area contributed by atoms with E-state index >= 15 is 0 Å². The summed E-state index contributed by atoms with van der Waals surface area (Å²) in [5, 5.41) is 31.9. The molecule has 0 unspecified atom stereocenters. The second-order valence-electron chi connectivity index (χ2n) is 11.8. The molecule has 0 saturated carbocycles. The van der Waals surface area contributed by atoms with E-state index in [1.807, 2.05) is 78.2 Å². The zero-order chi connectivity index (χ0) is 37.4. The van der Waals surface area contributed by atoms with Gasteiger partial charge in [-0.25, -0.2) is 4.98 Å². The Balaban J connectivity index is 0.000000167. The van der Waals surface area contributed by atoms with E-state index in [0.29, 0.717) is 50.3 Å². The van der Waals surface area contributed by atoms with E-state index in [0.717, 1.165) is 16.3 Å². The minimum absolute atomic E-state index is 0.0141. The van der Waals surface area contributed by atoms with Gasteiger partial charge in [0, 0.05) is 74.9 Å². The molecule has 4 heterocycles. The third-order valence-electron chi connectivity index (χ3n) is 8.52. The van der Waals surface area contributed by atoms with Crippen LogP contribution >= 0.6 is 11.3 Å². The number of thiazole rings is 1. The number of nitriles is 2. The van der Waals surface area contributed by atoms with Crippen LogP contribution < -0.4 is 11.1 Å². The molecule has 1 N–H and O–H groups in total. The highest BCUT2D eigenvalue weighted by Crippen LogP contribution is 2.31. The maximum atomic E-state index is 13.3. The largest absolute Gasteiger partial charge is 0.506 e. The molecule has 0 aliphatic carbocycles. The Kier molecular flexibility index (Phi) is 10.1. The highest BCUT2D eigenvalue weighted by Gasteiger charge is 2.17. The van der Waals surface area contributed by atoms with Crippen LogP contribution in [-0.4, -0.2) is 24.2 Å². The molecule has 0 bridgehead atoms. The standard InChI is InChI=1S/C23H15N3O2.C21H13N3OS/c24-14-16-7-4-5-10-19(16)20-13-17(22-21(27)11-6-12-25-22)15-26(23(20)28)18-8-2-1-3-9-18;22-13-15-6-4-5-9-18(15)19-12-16(20-23-10-11-26-20)14-24(21(19)25)17-7-2-1-3-8-17/h1-13,15,27H;1-12,14H. The minimum Gasteiger partial charge on any atom is -0.506 e. The lowest BCUT2D eigenvalue weighted by Crippen LogP contribution is -2.20. The predicted octanol–water partition coefficient (Wildman–Crippen LogP) is 8.64. The molecule has 0 amide bonds. The third kappa shape index (κ3) is 7.10. The third-order valence-corrected chi connectivity index (χ3v) is 9.34. The fourth-order valence-electron chi connectivity index (χ4n) is 5.97. The molecule has 0 atom stereocenters. The van der Waals surface area contributed by atoms with Crippen molar-refractivity contribution >= 4 is 11.3 Å². The van der Waals surface area contributed by atoms with Gasteiger partial charge in [0.25, 0.3) is 11.1 Å². The topological polar surface area (TPSA) is 138 Å². The first-order chi connectivity index (χ1) is 26.5. The number of rotatable bonds is 6. The smallest absolute Gasteiger partial charge is 0.263 e. The molecule has 8 aromatic rings. The van der Waals surface area contributed by atoms with Crippen molar-refractivity contribution in [3.05, 3.63) is 195 Å². The van der Waals surface area contributed by atoms with Gasteiger partial charge in [0.1, 0.15) is 16.5 Å². The predicted molar refractivity (Wildman–Crippen MR) is 210 cm³/mol. The van der Waals surface area contributed by atoms with Gasteiger partial charge in [0.15, 0.2) is 0 Å². The molecule has 4 aromatic heterocycles. The number of nitrogens with zero attached hydrogens (tertiary/aromatic N) is 6. The molecule has 0 aliphatic heterocycles. The van der Waals surface area contributed by atoms with Crippen molar-refractivity contribution in [1.82, 2.24) is 19.1 Å². The summed E-state index contributed by atoms with van der Waals surface area (Å²) >= 11 is 1.51. The lowest BCUT2D eigenvalue weighted by atomic mass is 9.99. The van der Waals surface area contributed by atoms with Gasteiger partial charge >= 0.3 is 0 Å². The maximum Gasteiger partial charge on any atom is 0.263 e. The Morgan fingerprint density at radius 1 is 0.556 bits per heavy atom. The summed E-state index contributed by atoms with van der Waals surface area (Å²) in [4.78, 5) is 35.1. The molecule has 258 valence electrons. The van der Waals surface area contributed by atoms with Gasteiger partial charge in [0.05, 0.1) is 23.3 Å². The van der Waals surface area contributed by atoms with E-state index in [2.05, 4.69) is 22.1 Å². The maximum absolute atomic E-state index is 13.3. The quantitative estimate of drug-likeness (QED) is 0.182. The number of hydrogen-bond acceptors (Lipinski definition) is 8. The fourth-order valence-corrected chi connectivity index (χ4v) is 6.59. The molecule has 0 fully saturated rings. The first-order valence-electron chi connectivity index (χ1n) is 16.6. The van der Waals surface area contributed by atoms with Crippen molar-refractivity contribution in [1.29, 1.82) is 10.5 Å². The monoisotopic (exact) mass is 720 g/mol. The summed E-state index contributed by atoms with van der Waals surface area (Å²) in [6, 6.07) is 43.7. The SMILES string of the molecule is N#Cc1ccccc1-c1cc(-c2ncccc2O)cn(-c2ccccc2)c1=O.N#Cc1ccccc1-c1cc(-c2nccs2)cn(-c2ccccc2)c1=O. The zero-order valence-corrected chi connectivity index (χ0v) is 29.3. The van der Waals surface area contributed by atoms with Gasteiger partial charge < -0.3 is 5.11 Å². The van der Waals surface area contributed by atoms with Gasteiger partial charge in [-0.2, -0.15) is 10.5 Å². The highest BCUT2D eigenvalue weighted by atomic mass is 32.1. The van der Waals surface area contributed by atoms with Gasteiger partial charge in [-0.05, 0) is 60.7 Å². The van der Waals surface area contributed by atoms with Crippen molar-refractivity contribution in [2.24, 2.45) is 0 Å². The summed E-state index contributed by atoms with van der Waals surface area (Å²) in [6.07, 6.45) is 6.77. The second-order valence-corrected chi connectivity index (χ2v) is 12.7. The number of aromatic nitrogens is 4. The van der Waals surface area contributed by atoms with E-state index in [9.17, 15) is 25.2 Å². The Morgan fingerprint density at radius 2 is 1.06 bits per heavy atom. The Labute approximate surface area is 313 Å². The Bertz CT molecular complexity index is 2800. The van der Waals surface area contributed by atoms with Crippen molar-refractivity contribution < 1.29 is 5.11 Å². The van der Waals surface area contributed by atoms with E-state index in [4.69, 9.17) is 0 Å². The molecule has 0 saturated heterocycles. The molecule has 9 nitrogen and oxygen atoms in total. The second kappa shape index (κ2) is 15.7. The summed E-state index contributed by atoms with van der Waals surface area (Å²) in [5.41, 5.74) is 5.70. The molecule has 0 spiro atoms. The normalized spacial score (nSPS) is 10.4. The first kappa shape index (κ1) is 34.8. The fraction of sp³-hybridized carbons (Fsp3) is 0. The molecule has 4 aromatic carbocycles. The first-order valence-corrected chi connectivity index (χ1v) is 17.5. The summed E-state index contributed by atoms with van der Waals surface area (Å²) in [7, 11) is 0. The summed E-state index contributed by atoms with van der Waals surface area (Å²) < 4.78 is 3.12.